The summed E-state index contributed by atoms with van der Waals surface area (Å²) in [6, 6.07) is 5.03. The summed E-state index contributed by atoms with van der Waals surface area (Å²) >= 11 is 0. The van der Waals surface area contributed by atoms with Crippen molar-refractivity contribution in [2.75, 3.05) is 13.1 Å². The number of pyridine rings is 1. The van der Waals surface area contributed by atoms with Crippen molar-refractivity contribution in [1.82, 2.24) is 9.88 Å². The third-order valence-corrected chi connectivity index (χ3v) is 4.81. The smallest absolute Gasteiger partial charge is 0.352 e. The molecule has 1 fully saturated rings. The van der Waals surface area contributed by atoms with E-state index >= 15 is 0 Å². The zero-order valence-corrected chi connectivity index (χ0v) is 17.0. The van der Waals surface area contributed by atoms with E-state index in [9.17, 15) is 9.59 Å². The Hall–Kier alpha value is -3.38. The van der Waals surface area contributed by atoms with Crippen LogP contribution in [0.2, 0.25) is 0 Å². The van der Waals surface area contributed by atoms with Crippen molar-refractivity contribution in [3.63, 3.8) is 0 Å². The van der Waals surface area contributed by atoms with E-state index in [1.165, 1.54) is 0 Å². The number of likely N-dealkylation sites (tertiary alicyclic amines) is 1. The van der Waals surface area contributed by atoms with Crippen molar-refractivity contribution in [1.29, 1.82) is 0 Å². The highest BCUT2D eigenvalue weighted by Crippen LogP contribution is 2.32. The number of benzene rings is 1. The fourth-order valence-corrected chi connectivity index (χ4v) is 3.45. The number of nitrogens with zero attached hydrogens (tertiary/aromatic N) is 3. The van der Waals surface area contributed by atoms with Gasteiger partial charge in [-0.25, -0.2) is 6.57 Å². The maximum Gasteiger partial charge on any atom is 0.352 e. The highest BCUT2D eigenvalue weighted by atomic mass is 16.5. The van der Waals surface area contributed by atoms with E-state index in [1.54, 1.807) is 29.3 Å². The number of primary amides is 1. The molecular weight excluding hydrogens is 386 g/mol. The molecule has 2 atom stereocenters. The minimum atomic E-state index is -1.19. The number of amides is 2. The lowest BCUT2D eigenvalue weighted by Gasteiger charge is -2.32. The lowest BCUT2D eigenvalue weighted by atomic mass is 10.1. The fourth-order valence-electron chi connectivity index (χ4n) is 3.45. The third-order valence-electron chi connectivity index (χ3n) is 4.81. The van der Waals surface area contributed by atoms with Gasteiger partial charge in [0.25, 0.3) is 5.91 Å². The fraction of sp³-hybridized carbons (Fsp3) is 0.429. The van der Waals surface area contributed by atoms with Crippen LogP contribution < -0.4 is 20.9 Å². The minimum absolute atomic E-state index is 0.147. The summed E-state index contributed by atoms with van der Waals surface area (Å²) in [5, 5.41) is 0.680. The van der Waals surface area contributed by atoms with Gasteiger partial charge in [0.15, 0.2) is 0 Å². The monoisotopic (exact) mass is 411 g/mol. The quantitative estimate of drug-likeness (QED) is 0.697. The minimum Gasteiger partial charge on any atom is -0.490 e. The molecule has 2 amide bonds. The van der Waals surface area contributed by atoms with Crippen molar-refractivity contribution < 1.29 is 19.1 Å². The van der Waals surface area contributed by atoms with Crippen molar-refractivity contribution in [2.24, 2.45) is 11.5 Å². The molecule has 1 aromatic carbocycles. The van der Waals surface area contributed by atoms with Crippen LogP contribution in [0.25, 0.3) is 15.7 Å². The number of ether oxygens (including phenoxy) is 2. The van der Waals surface area contributed by atoms with E-state index in [2.05, 4.69) is 9.83 Å². The van der Waals surface area contributed by atoms with Gasteiger partial charge in [-0.05, 0) is 44.9 Å². The molecule has 2 heterocycles. The molecule has 1 aliphatic heterocycles. The molecule has 30 heavy (non-hydrogen) atoms. The number of nitrogens with two attached hydrogens (primary N) is 2. The topological polar surface area (TPSA) is 125 Å². The van der Waals surface area contributed by atoms with Crippen LogP contribution in [-0.2, 0) is 4.79 Å². The first kappa shape index (κ1) is 21.3. The van der Waals surface area contributed by atoms with Crippen LogP contribution in [-0.4, -0.2) is 53.2 Å². The zero-order chi connectivity index (χ0) is 21.8. The average molecular weight is 411 g/mol. The summed E-state index contributed by atoms with van der Waals surface area (Å²) in [7, 11) is 0. The van der Waals surface area contributed by atoms with E-state index in [0.29, 0.717) is 35.5 Å². The Bertz CT molecular complexity index is 1000. The lowest BCUT2D eigenvalue weighted by Crippen LogP contribution is -2.49. The number of piperidine rings is 1. The molecule has 1 aliphatic rings. The van der Waals surface area contributed by atoms with Gasteiger partial charge in [0.2, 0.25) is 0 Å². The Balaban J connectivity index is 1.89. The van der Waals surface area contributed by atoms with Gasteiger partial charge in [0.05, 0.1) is 23.7 Å². The van der Waals surface area contributed by atoms with Crippen LogP contribution in [0.1, 0.15) is 37.0 Å². The van der Waals surface area contributed by atoms with Crippen LogP contribution in [0.3, 0.4) is 0 Å². The molecule has 9 heteroatoms. The first-order valence-electron chi connectivity index (χ1n) is 9.77. The average Bonchev–Trinajstić information content (AvgIpc) is 2.72. The number of fused-ring (bicyclic) bond motifs is 1. The Kier molecular flexibility index (Phi) is 6.37. The van der Waals surface area contributed by atoms with Crippen LogP contribution in [0.4, 0.5) is 0 Å². The Morgan fingerprint density at radius 2 is 2.10 bits per heavy atom. The molecular formula is C21H25N5O4. The van der Waals surface area contributed by atoms with Gasteiger partial charge < -0.3 is 20.1 Å². The maximum atomic E-state index is 12.2. The van der Waals surface area contributed by atoms with Gasteiger partial charge in [-0.2, -0.15) is 0 Å². The van der Waals surface area contributed by atoms with Gasteiger partial charge in [0.1, 0.15) is 17.6 Å². The second kappa shape index (κ2) is 8.97. The lowest BCUT2D eigenvalue weighted by molar-refractivity contribution is -0.134. The number of hydrogen-bond acceptors (Lipinski definition) is 6. The van der Waals surface area contributed by atoms with E-state index < -0.39 is 18.0 Å². The first-order chi connectivity index (χ1) is 14.3. The molecule has 0 bridgehead atoms. The maximum absolute atomic E-state index is 12.2. The SMILES string of the molecule is [C-]#[N+][C@@H](N)C(=O)N1CCCC(Oc2ccnc3cc(C(N)=O)c(OC(C)C)cc23)C1. The van der Waals surface area contributed by atoms with E-state index in [1.807, 2.05) is 13.8 Å². The summed E-state index contributed by atoms with van der Waals surface area (Å²) in [5.41, 5.74) is 11.9. The highest BCUT2D eigenvalue weighted by Gasteiger charge is 2.31. The molecule has 2 aromatic rings. The van der Waals surface area contributed by atoms with Crippen molar-refractivity contribution in [3.05, 3.63) is 41.4 Å². The van der Waals surface area contributed by atoms with Crippen LogP contribution >= 0.6 is 0 Å². The molecule has 0 saturated carbocycles. The number of hydrogen-bond donors (Lipinski definition) is 2. The van der Waals surface area contributed by atoms with E-state index in [0.717, 1.165) is 12.8 Å². The standard InChI is InChI=1S/C21H25N5O4/c1-12(2)29-18-10-14-16(9-15(18)20(23)27)25-7-6-17(14)30-13-5-4-8-26(11-13)21(28)19(22)24-3/h6-7,9-10,12-13,19H,4-5,8,11,22H2,1-2H3,(H2,23,27)/t13?,19-/m1/s1. The first-order valence-corrected chi connectivity index (χ1v) is 9.77. The molecule has 1 saturated heterocycles. The zero-order valence-electron chi connectivity index (χ0n) is 17.0. The predicted molar refractivity (Wildman–Crippen MR) is 111 cm³/mol. The van der Waals surface area contributed by atoms with Crippen LogP contribution in [0, 0.1) is 6.57 Å². The highest BCUT2D eigenvalue weighted by molar-refractivity contribution is 6.01. The van der Waals surface area contributed by atoms with Crippen molar-refractivity contribution in [3.8, 4) is 11.5 Å². The second-order valence-corrected chi connectivity index (χ2v) is 7.45. The molecule has 1 unspecified atom stereocenters. The molecule has 0 aliphatic carbocycles. The van der Waals surface area contributed by atoms with Crippen molar-refractivity contribution in [2.45, 2.75) is 45.1 Å². The molecule has 9 nitrogen and oxygen atoms in total. The molecule has 0 radical (unpaired) electrons. The number of carbonyl (C=O) groups is 2. The molecule has 4 N–H and O–H groups in total. The Labute approximate surface area is 174 Å². The predicted octanol–water partition coefficient (Wildman–Crippen LogP) is 1.69. The Morgan fingerprint density at radius 1 is 1.33 bits per heavy atom. The number of rotatable bonds is 6. The van der Waals surface area contributed by atoms with Gasteiger partial charge in [-0.3, -0.25) is 25.2 Å². The second-order valence-electron chi connectivity index (χ2n) is 7.45. The summed E-state index contributed by atoms with van der Waals surface area (Å²) in [5.74, 6) is -0.0559. The largest absolute Gasteiger partial charge is 0.490 e. The van der Waals surface area contributed by atoms with Gasteiger partial charge >= 0.3 is 12.1 Å². The van der Waals surface area contributed by atoms with Gasteiger partial charge in [-0.15, -0.1) is 0 Å². The summed E-state index contributed by atoms with van der Waals surface area (Å²) in [6.45, 7) is 11.6. The molecule has 1 aromatic heterocycles. The number of carbonyl (C=O) groups excluding carboxylic acids is 2. The van der Waals surface area contributed by atoms with E-state index in [-0.39, 0.29) is 17.8 Å². The number of aromatic nitrogens is 1. The van der Waals surface area contributed by atoms with Crippen LogP contribution in [0.15, 0.2) is 24.4 Å². The van der Waals surface area contributed by atoms with E-state index in [4.69, 9.17) is 27.5 Å². The molecule has 3 rings (SSSR count). The third kappa shape index (κ3) is 4.60. The normalized spacial score (nSPS) is 17.4. The molecule has 0 spiro atoms. The van der Waals surface area contributed by atoms with Gasteiger partial charge in [-0.1, -0.05) is 0 Å². The Morgan fingerprint density at radius 3 is 2.77 bits per heavy atom. The van der Waals surface area contributed by atoms with Gasteiger partial charge in [0, 0.05) is 18.1 Å². The summed E-state index contributed by atoms with van der Waals surface area (Å²) in [6.07, 6.45) is 1.51. The summed E-state index contributed by atoms with van der Waals surface area (Å²) in [4.78, 5) is 33.1. The summed E-state index contributed by atoms with van der Waals surface area (Å²) < 4.78 is 12.0. The molecule has 158 valence electrons. The van der Waals surface area contributed by atoms with Crippen LogP contribution in [0.5, 0.6) is 11.5 Å². The van der Waals surface area contributed by atoms with Crippen molar-refractivity contribution >= 4 is 22.7 Å².